The maximum Gasteiger partial charge on any atom is 0.237 e. The van der Waals surface area contributed by atoms with Gasteiger partial charge in [-0.05, 0) is 55.0 Å². The van der Waals surface area contributed by atoms with Crippen molar-refractivity contribution < 1.29 is 4.79 Å². The Labute approximate surface area is 194 Å². The average Bonchev–Trinajstić information content (AvgIpc) is 2.74. The molecule has 0 spiro atoms. The van der Waals surface area contributed by atoms with E-state index in [0.29, 0.717) is 27.3 Å². The zero-order valence-electron chi connectivity index (χ0n) is 16.0. The highest BCUT2D eigenvalue weighted by molar-refractivity contribution is 8.00. The minimum atomic E-state index is -0.272. The molecule has 0 saturated heterocycles. The summed E-state index contributed by atoms with van der Waals surface area (Å²) in [5, 5.41) is 3.87. The Balaban J connectivity index is 1.69. The van der Waals surface area contributed by atoms with E-state index in [1.807, 2.05) is 37.3 Å². The van der Waals surface area contributed by atoms with E-state index in [9.17, 15) is 4.79 Å². The Hall–Kier alpha value is -2.05. The van der Waals surface area contributed by atoms with Crippen molar-refractivity contribution in [2.75, 3.05) is 5.32 Å². The van der Waals surface area contributed by atoms with Crippen LogP contribution >= 0.6 is 46.6 Å². The number of nitrogens with zero attached hydrogens (tertiary/aromatic N) is 2. The van der Waals surface area contributed by atoms with Crippen molar-refractivity contribution in [3.05, 3.63) is 81.6 Å². The van der Waals surface area contributed by atoms with Crippen LogP contribution in [0, 0.1) is 0 Å². The van der Waals surface area contributed by atoms with Crippen LogP contribution in [0.25, 0.3) is 0 Å². The molecule has 1 aromatic heterocycles. The first-order chi connectivity index (χ1) is 14.5. The summed E-state index contributed by atoms with van der Waals surface area (Å²) in [5.74, 6) is -0.100. The van der Waals surface area contributed by atoms with Crippen LogP contribution in [-0.4, -0.2) is 22.4 Å². The van der Waals surface area contributed by atoms with Crippen LogP contribution in [0.4, 0.5) is 11.4 Å². The number of carbonyl (C=O) groups excluding carboxylic acids is 1. The molecule has 0 aliphatic rings. The summed E-state index contributed by atoms with van der Waals surface area (Å²) in [6.45, 7) is 1.97. The van der Waals surface area contributed by atoms with Crippen molar-refractivity contribution in [1.82, 2.24) is 4.98 Å². The molecular formula is C22H18Cl3N3OS. The normalized spacial score (nSPS) is 12.1. The molecule has 3 rings (SSSR count). The zero-order valence-corrected chi connectivity index (χ0v) is 19.1. The summed E-state index contributed by atoms with van der Waals surface area (Å²) in [6, 6.07) is 16.3. The summed E-state index contributed by atoms with van der Waals surface area (Å²) < 4.78 is 0. The molecule has 1 heterocycles. The molecule has 1 atom stereocenters. The smallest absolute Gasteiger partial charge is 0.237 e. The van der Waals surface area contributed by atoms with Gasteiger partial charge in [0.1, 0.15) is 5.15 Å². The number of carbonyl (C=O) groups is 1. The third-order valence-electron chi connectivity index (χ3n) is 4.09. The number of pyridine rings is 1. The lowest BCUT2D eigenvalue weighted by molar-refractivity contribution is -0.115. The molecule has 3 aromatic rings. The number of benzene rings is 2. The van der Waals surface area contributed by atoms with Gasteiger partial charge in [0.15, 0.2) is 0 Å². The van der Waals surface area contributed by atoms with Gasteiger partial charge in [-0.25, -0.2) is 4.98 Å². The fourth-order valence-electron chi connectivity index (χ4n) is 2.56. The highest BCUT2D eigenvalue weighted by atomic mass is 35.5. The molecule has 30 heavy (non-hydrogen) atoms. The first kappa shape index (κ1) is 22.6. The molecule has 8 heteroatoms. The van der Waals surface area contributed by atoms with Gasteiger partial charge in [-0.1, -0.05) is 47.8 Å². The van der Waals surface area contributed by atoms with Gasteiger partial charge in [0, 0.05) is 28.6 Å². The zero-order chi connectivity index (χ0) is 21.5. The number of halogens is 3. The first-order valence-corrected chi connectivity index (χ1v) is 11.1. The number of nitrogens with one attached hydrogen (secondary N) is 1. The minimum Gasteiger partial charge on any atom is -0.325 e. The minimum absolute atomic E-state index is 0.100. The lowest BCUT2D eigenvalue weighted by Gasteiger charge is -2.15. The van der Waals surface area contributed by atoms with E-state index in [4.69, 9.17) is 34.8 Å². The van der Waals surface area contributed by atoms with Gasteiger partial charge in [0.05, 0.1) is 21.0 Å². The summed E-state index contributed by atoms with van der Waals surface area (Å²) in [7, 11) is 0. The average molecular weight is 479 g/mol. The third kappa shape index (κ3) is 6.22. The topological polar surface area (TPSA) is 54.4 Å². The van der Waals surface area contributed by atoms with E-state index in [1.54, 1.807) is 36.7 Å². The van der Waals surface area contributed by atoms with Gasteiger partial charge in [0.2, 0.25) is 5.91 Å². The van der Waals surface area contributed by atoms with Crippen LogP contribution in [0.5, 0.6) is 0 Å². The standard InChI is InChI=1S/C22H18Cl3N3OS/c1-2-20(22(29)28-16-8-9-18(23)19(24)12-16)30-17-7-3-6-15(11-17)27-13-14-5-4-10-26-21(14)25/h3-13,20H,2H2,1H3,(H,28,29)/t20-/m0/s1. The first-order valence-electron chi connectivity index (χ1n) is 9.13. The molecule has 2 aromatic carbocycles. The maximum absolute atomic E-state index is 12.7. The number of aromatic nitrogens is 1. The fourth-order valence-corrected chi connectivity index (χ4v) is 4.03. The lowest BCUT2D eigenvalue weighted by atomic mass is 10.2. The summed E-state index contributed by atoms with van der Waals surface area (Å²) in [5.41, 5.74) is 2.12. The number of hydrogen-bond donors (Lipinski definition) is 1. The van der Waals surface area contributed by atoms with Crippen LogP contribution in [0.2, 0.25) is 15.2 Å². The number of amides is 1. The van der Waals surface area contributed by atoms with Crippen molar-refractivity contribution in [3.63, 3.8) is 0 Å². The van der Waals surface area contributed by atoms with E-state index in [2.05, 4.69) is 15.3 Å². The monoisotopic (exact) mass is 477 g/mol. The van der Waals surface area contributed by atoms with Crippen LogP contribution in [0.15, 0.2) is 70.7 Å². The Morgan fingerprint density at radius 3 is 2.70 bits per heavy atom. The van der Waals surface area contributed by atoms with E-state index in [0.717, 1.165) is 16.1 Å². The van der Waals surface area contributed by atoms with E-state index < -0.39 is 0 Å². The highest BCUT2D eigenvalue weighted by Crippen LogP contribution is 2.30. The summed E-state index contributed by atoms with van der Waals surface area (Å²) in [6.07, 6.45) is 3.97. The van der Waals surface area contributed by atoms with Crippen molar-refractivity contribution in [3.8, 4) is 0 Å². The Bertz CT molecular complexity index is 1070. The Morgan fingerprint density at radius 1 is 1.13 bits per heavy atom. The molecule has 0 fully saturated rings. The molecule has 0 aliphatic carbocycles. The number of hydrogen-bond acceptors (Lipinski definition) is 4. The number of thioether (sulfide) groups is 1. The van der Waals surface area contributed by atoms with Gasteiger partial charge in [0.25, 0.3) is 0 Å². The van der Waals surface area contributed by atoms with E-state index in [-0.39, 0.29) is 11.2 Å². The maximum atomic E-state index is 12.7. The molecule has 0 aliphatic heterocycles. The van der Waals surface area contributed by atoms with Crippen LogP contribution < -0.4 is 5.32 Å². The number of anilines is 1. The molecule has 1 N–H and O–H groups in total. The third-order valence-corrected chi connectivity index (χ3v) is 6.50. The van der Waals surface area contributed by atoms with Gasteiger partial charge in [-0.2, -0.15) is 0 Å². The van der Waals surface area contributed by atoms with E-state index in [1.165, 1.54) is 11.8 Å². The molecule has 1 amide bonds. The SMILES string of the molecule is CC[C@H](Sc1cccc(N=Cc2cccnc2Cl)c1)C(=O)Nc1ccc(Cl)c(Cl)c1. The lowest BCUT2D eigenvalue weighted by Crippen LogP contribution is -2.24. The Morgan fingerprint density at radius 2 is 1.97 bits per heavy atom. The molecule has 4 nitrogen and oxygen atoms in total. The fraction of sp³-hybridized carbons (Fsp3) is 0.136. The molecule has 154 valence electrons. The summed E-state index contributed by atoms with van der Waals surface area (Å²) in [4.78, 5) is 22.2. The summed E-state index contributed by atoms with van der Waals surface area (Å²) >= 11 is 19.5. The second kappa shape index (κ2) is 10.8. The van der Waals surface area contributed by atoms with Gasteiger partial charge < -0.3 is 5.32 Å². The predicted molar refractivity (Wildman–Crippen MR) is 128 cm³/mol. The largest absolute Gasteiger partial charge is 0.325 e. The Kier molecular flexibility index (Phi) is 8.16. The molecule has 0 saturated carbocycles. The van der Waals surface area contributed by atoms with E-state index >= 15 is 0 Å². The van der Waals surface area contributed by atoms with Crippen LogP contribution in [0.1, 0.15) is 18.9 Å². The number of rotatable bonds is 7. The van der Waals surface area contributed by atoms with Crippen molar-refractivity contribution >= 4 is 70.1 Å². The van der Waals surface area contributed by atoms with Gasteiger partial charge >= 0.3 is 0 Å². The highest BCUT2D eigenvalue weighted by Gasteiger charge is 2.18. The van der Waals surface area contributed by atoms with Gasteiger partial charge in [-0.3, -0.25) is 9.79 Å². The van der Waals surface area contributed by atoms with Crippen molar-refractivity contribution in [2.24, 2.45) is 4.99 Å². The van der Waals surface area contributed by atoms with Crippen LogP contribution in [0.3, 0.4) is 0 Å². The molecule has 0 bridgehead atoms. The second-order valence-electron chi connectivity index (χ2n) is 6.27. The molecular weight excluding hydrogens is 461 g/mol. The second-order valence-corrected chi connectivity index (χ2v) is 8.72. The quantitative estimate of drug-likeness (QED) is 0.220. The number of aliphatic imine (C=N–C) groups is 1. The molecule has 0 radical (unpaired) electrons. The van der Waals surface area contributed by atoms with Gasteiger partial charge in [-0.15, -0.1) is 11.8 Å². The van der Waals surface area contributed by atoms with Crippen molar-refractivity contribution in [2.45, 2.75) is 23.5 Å². The molecule has 0 unspecified atom stereocenters. The van der Waals surface area contributed by atoms with Crippen molar-refractivity contribution in [1.29, 1.82) is 0 Å². The van der Waals surface area contributed by atoms with Crippen LogP contribution in [-0.2, 0) is 4.79 Å². The predicted octanol–water partition coefficient (Wildman–Crippen LogP) is 7.30.